The molecule has 1 saturated heterocycles. The minimum absolute atomic E-state index is 0.313. The molecule has 1 saturated carbocycles. The van der Waals surface area contributed by atoms with Gasteiger partial charge in [-0.25, -0.2) is 0 Å². The van der Waals surface area contributed by atoms with Crippen LogP contribution >= 0.6 is 0 Å². The summed E-state index contributed by atoms with van der Waals surface area (Å²) >= 11 is 0. The molecule has 3 rings (SSSR count). The molecule has 0 amide bonds. The molecule has 2 fully saturated rings. The van der Waals surface area contributed by atoms with Gasteiger partial charge in [-0.15, -0.1) is 0 Å². The summed E-state index contributed by atoms with van der Waals surface area (Å²) in [4.78, 5) is 2.66. The van der Waals surface area contributed by atoms with E-state index in [1.807, 2.05) is 0 Å². The molecule has 2 heteroatoms. The lowest BCUT2D eigenvalue weighted by molar-refractivity contribution is 0.252. The molecule has 0 radical (unpaired) electrons. The zero-order chi connectivity index (χ0) is 14.2. The lowest BCUT2D eigenvalue weighted by Gasteiger charge is -2.48. The second-order valence-corrected chi connectivity index (χ2v) is 6.79. The highest BCUT2D eigenvalue weighted by Gasteiger charge is 2.45. The smallest absolute Gasteiger partial charge is 0.0412 e. The van der Waals surface area contributed by atoms with E-state index in [4.69, 9.17) is 0 Å². The molecule has 1 aromatic carbocycles. The van der Waals surface area contributed by atoms with Crippen molar-refractivity contribution < 1.29 is 0 Å². The molecule has 0 bridgehead atoms. The van der Waals surface area contributed by atoms with E-state index in [0.29, 0.717) is 11.6 Å². The lowest BCUT2D eigenvalue weighted by Crippen LogP contribution is -2.64. The largest absolute Gasteiger partial charge is 0.365 e. The Kier molecular flexibility index (Phi) is 3.76. The van der Waals surface area contributed by atoms with Crippen LogP contribution in [0.25, 0.3) is 0 Å². The summed E-state index contributed by atoms with van der Waals surface area (Å²) in [5, 5.41) is 3.85. The minimum atomic E-state index is 0.313. The average molecular weight is 272 g/mol. The standard InChI is InChI=1S/C18H28N2/c1-4-14-7-6-8-17(11-14)20-13-18(3,15-9-10-15)19-12-16(20)5-2/h6-8,11,15-16,19H,4-5,9-10,12-13H2,1-3H3. The van der Waals surface area contributed by atoms with E-state index >= 15 is 0 Å². The number of hydrogen-bond acceptors (Lipinski definition) is 2. The van der Waals surface area contributed by atoms with Gasteiger partial charge in [0, 0.05) is 30.4 Å². The van der Waals surface area contributed by atoms with Gasteiger partial charge in [-0.3, -0.25) is 0 Å². The summed E-state index contributed by atoms with van der Waals surface area (Å²) in [6.07, 6.45) is 5.15. The first-order valence-electron chi connectivity index (χ1n) is 8.27. The van der Waals surface area contributed by atoms with Crippen LogP contribution in [0.3, 0.4) is 0 Å². The van der Waals surface area contributed by atoms with E-state index < -0.39 is 0 Å². The van der Waals surface area contributed by atoms with E-state index in [1.54, 1.807) is 0 Å². The van der Waals surface area contributed by atoms with Crippen LogP contribution in [0, 0.1) is 5.92 Å². The highest BCUT2D eigenvalue weighted by molar-refractivity contribution is 5.51. The Bertz CT molecular complexity index is 466. The Morgan fingerprint density at radius 3 is 2.75 bits per heavy atom. The topological polar surface area (TPSA) is 15.3 Å². The molecule has 1 N–H and O–H groups in total. The van der Waals surface area contributed by atoms with Crippen molar-refractivity contribution >= 4 is 5.69 Å². The first kappa shape index (κ1) is 13.9. The van der Waals surface area contributed by atoms with E-state index in [0.717, 1.165) is 25.4 Å². The second kappa shape index (κ2) is 5.40. The number of aryl methyl sites for hydroxylation is 1. The number of nitrogens with one attached hydrogen (secondary N) is 1. The molecule has 110 valence electrons. The molecular weight excluding hydrogens is 244 g/mol. The van der Waals surface area contributed by atoms with Gasteiger partial charge in [0.05, 0.1) is 0 Å². The third-order valence-corrected chi connectivity index (χ3v) is 5.28. The maximum absolute atomic E-state index is 3.85. The molecule has 1 aliphatic carbocycles. The first-order valence-corrected chi connectivity index (χ1v) is 8.27. The Morgan fingerprint density at radius 2 is 2.10 bits per heavy atom. The summed E-state index contributed by atoms with van der Waals surface area (Å²) in [6.45, 7) is 9.25. The lowest BCUT2D eigenvalue weighted by atomic mass is 9.90. The maximum atomic E-state index is 3.85. The number of rotatable bonds is 4. The van der Waals surface area contributed by atoms with Crippen molar-refractivity contribution in [2.75, 3.05) is 18.0 Å². The highest BCUT2D eigenvalue weighted by Crippen LogP contribution is 2.42. The molecule has 1 heterocycles. The second-order valence-electron chi connectivity index (χ2n) is 6.79. The molecule has 2 atom stereocenters. The monoisotopic (exact) mass is 272 g/mol. The summed E-state index contributed by atoms with van der Waals surface area (Å²) in [5.74, 6) is 0.886. The van der Waals surface area contributed by atoms with Crippen molar-refractivity contribution in [1.82, 2.24) is 5.32 Å². The minimum Gasteiger partial charge on any atom is -0.365 e. The van der Waals surface area contributed by atoms with Crippen molar-refractivity contribution in [3.63, 3.8) is 0 Å². The number of nitrogens with zero attached hydrogens (tertiary/aromatic N) is 1. The molecule has 0 aromatic heterocycles. The number of anilines is 1. The fourth-order valence-electron chi connectivity index (χ4n) is 3.62. The van der Waals surface area contributed by atoms with E-state index in [1.165, 1.54) is 30.5 Å². The SMILES string of the molecule is CCc1cccc(N2CC(C)(C3CC3)NCC2CC)c1. The third kappa shape index (κ3) is 2.58. The molecule has 2 nitrogen and oxygen atoms in total. The Hall–Kier alpha value is -1.02. The molecule has 1 aromatic rings. The van der Waals surface area contributed by atoms with Crippen molar-refractivity contribution in [2.45, 2.75) is 58.0 Å². The number of hydrogen-bond donors (Lipinski definition) is 1. The Labute approximate surface area is 123 Å². The zero-order valence-corrected chi connectivity index (χ0v) is 13.2. The molecule has 2 unspecified atom stereocenters. The van der Waals surface area contributed by atoms with E-state index in [-0.39, 0.29) is 0 Å². The van der Waals surface area contributed by atoms with E-state index in [9.17, 15) is 0 Å². The van der Waals surface area contributed by atoms with Crippen LogP contribution < -0.4 is 10.2 Å². The van der Waals surface area contributed by atoms with Crippen molar-refractivity contribution in [1.29, 1.82) is 0 Å². The summed E-state index contributed by atoms with van der Waals surface area (Å²) < 4.78 is 0. The van der Waals surface area contributed by atoms with Gasteiger partial charge >= 0.3 is 0 Å². The predicted molar refractivity (Wildman–Crippen MR) is 86.4 cm³/mol. The zero-order valence-electron chi connectivity index (χ0n) is 13.2. The van der Waals surface area contributed by atoms with Crippen LogP contribution in [0.4, 0.5) is 5.69 Å². The average Bonchev–Trinajstić information content (AvgIpc) is 3.32. The Morgan fingerprint density at radius 1 is 1.30 bits per heavy atom. The fourth-order valence-corrected chi connectivity index (χ4v) is 3.62. The van der Waals surface area contributed by atoms with Gasteiger partial charge in [-0.2, -0.15) is 0 Å². The van der Waals surface area contributed by atoms with Crippen molar-refractivity contribution in [3.05, 3.63) is 29.8 Å². The summed E-state index contributed by atoms with van der Waals surface area (Å²) in [6, 6.07) is 9.78. The summed E-state index contributed by atoms with van der Waals surface area (Å²) in [7, 11) is 0. The Balaban J connectivity index is 1.86. The van der Waals surface area contributed by atoms with Gasteiger partial charge in [0.1, 0.15) is 0 Å². The van der Waals surface area contributed by atoms with Crippen LogP contribution in [-0.2, 0) is 6.42 Å². The highest BCUT2D eigenvalue weighted by atomic mass is 15.3. The van der Waals surface area contributed by atoms with Crippen LogP contribution in [0.1, 0.15) is 45.6 Å². The van der Waals surface area contributed by atoms with Gasteiger partial charge in [0.15, 0.2) is 0 Å². The van der Waals surface area contributed by atoms with Crippen LogP contribution in [0.15, 0.2) is 24.3 Å². The van der Waals surface area contributed by atoms with Crippen LogP contribution in [0.5, 0.6) is 0 Å². The first-order chi connectivity index (χ1) is 9.66. The van der Waals surface area contributed by atoms with Gasteiger partial charge in [0.25, 0.3) is 0 Å². The van der Waals surface area contributed by atoms with Crippen LogP contribution in [0.2, 0.25) is 0 Å². The third-order valence-electron chi connectivity index (χ3n) is 5.28. The van der Waals surface area contributed by atoms with Crippen molar-refractivity contribution in [3.8, 4) is 0 Å². The molecule has 1 aliphatic heterocycles. The summed E-state index contributed by atoms with van der Waals surface area (Å²) in [5.41, 5.74) is 3.18. The quantitative estimate of drug-likeness (QED) is 0.901. The normalized spacial score (nSPS) is 30.6. The number of benzene rings is 1. The fraction of sp³-hybridized carbons (Fsp3) is 0.667. The number of piperazine rings is 1. The molecule has 20 heavy (non-hydrogen) atoms. The molecular formula is C18H28N2. The van der Waals surface area contributed by atoms with E-state index in [2.05, 4.69) is 55.3 Å². The molecule has 0 spiro atoms. The van der Waals surface area contributed by atoms with Gasteiger partial charge in [0.2, 0.25) is 0 Å². The van der Waals surface area contributed by atoms with Crippen LogP contribution in [-0.4, -0.2) is 24.7 Å². The van der Waals surface area contributed by atoms with Gasteiger partial charge < -0.3 is 10.2 Å². The van der Waals surface area contributed by atoms with Gasteiger partial charge in [-0.05, 0) is 56.2 Å². The van der Waals surface area contributed by atoms with Crippen molar-refractivity contribution in [2.24, 2.45) is 5.92 Å². The molecule has 2 aliphatic rings. The maximum Gasteiger partial charge on any atom is 0.0412 e. The van der Waals surface area contributed by atoms with Gasteiger partial charge in [-0.1, -0.05) is 26.0 Å². The predicted octanol–water partition coefficient (Wildman–Crippen LogP) is 3.61.